The third kappa shape index (κ3) is 3.94. The summed E-state index contributed by atoms with van der Waals surface area (Å²) in [6.45, 7) is -0.367. The molecule has 106 valence electrons. The maximum Gasteiger partial charge on any atom is 0.262 e. The molecule has 0 aliphatic carbocycles. The maximum absolute atomic E-state index is 13.6. The normalized spacial score (nSPS) is 9.76. The predicted molar refractivity (Wildman–Crippen MR) is 76.7 cm³/mol. The second-order valence-corrected chi connectivity index (χ2v) is 4.49. The summed E-state index contributed by atoms with van der Waals surface area (Å²) in [6.07, 6.45) is 0. The lowest BCUT2D eigenvalue weighted by atomic mass is 10.2. The fourth-order valence-electron chi connectivity index (χ4n) is 1.60. The Hall–Kier alpha value is -2.58. The van der Waals surface area contributed by atoms with E-state index in [2.05, 4.69) is 5.32 Å². The Kier molecular flexibility index (Phi) is 4.75. The van der Waals surface area contributed by atoms with Crippen molar-refractivity contribution in [3.8, 4) is 11.8 Å². The molecule has 0 atom stereocenters. The van der Waals surface area contributed by atoms with Crippen molar-refractivity contribution in [2.24, 2.45) is 0 Å². The van der Waals surface area contributed by atoms with Crippen molar-refractivity contribution >= 4 is 23.2 Å². The lowest BCUT2D eigenvalue weighted by Crippen LogP contribution is -2.20. The van der Waals surface area contributed by atoms with Crippen LogP contribution in [0.2, 0.25) is 5.02 Å². The number of benzene rings is 2. The van der Waals surface area contributed by atoms with E-state index in [0.717, 1.165) is 0 Å². The number of anilines is 1. The minimum absolute atomic E-state index is 0.0744. The lowest BCUT2D eigenvalue weighted by molar-refractivity contribution is -0.118. The van der Waals surface area contributed by atoms with Gasteiger partial charge >= 0.3 is 0 Å². The van der Waals surface area contributed by atoms with E-state index in [-0.39, 0.29) is 17.4 Å². The Morgan fingerprint density at radius 2 is 2.10 bits per heavy atom. The molecule has 0 bridgehead atoms. The summed E-state index contributed by atoms with van der Waals surface area (Å²) < 4.78 is 18.6. The van der Waals surface area contributed by atoms with Crippen LogP contribution in [0.15, 0.2) is 42.5 Å². The third-order valence-corrected chi connectivity index (χ3v) is 2.84. The van der Waals surface area contributed by atoms with E-state index in [1.54, 1.807) is 18.2 Å². The molecule has 0 saturated heterocycles. The number of hydrogen-bond acceptors (Lipinski definition) is 3. The van der Waals surface area contributed by atoms with E-state index in [0.29, 0.717) is 11.3 Å². The van der Waals surface area contributed by atoms with Gasteiger partial charge in [0.05, 0.1) is 16.7 Å². The van der Waals surface area contributed by atoms with Crippen LogP contribution in [0, 0.1) is 17.1 Å². The highest BCUT2D eigenvalue weighted by molar-refractivity contribution is 6.30. The van der Waals surface area contributed by atoms with E-state index in [1.165, 1.54) is 24.3 Å². The van der Waals surface area contributed by atoms with E-state index in [4.69, 9.17) is 21.6 Å². The molecule has 0 unspecified atom stereocenters. The monoisotopic (exact) mass is 304 g/mol. The third-order valence-electron chi connectivity index (χ3n) is 2.55. The zero-order valence-electron chi connectivity index (χ0n) is 10.8. The number of rotatable bonds is 4. The summed E-state index contributed by atoms with van der Waals surface area (Å²) in [4.78, 5) is 11.7. The van der Waals surface area contributed by atoms with Gasteiger partial charge in [-0.05, 0) is 30.3 Å². The van der Waals surface area contributed by atoms with Crippen LogP contribution in [0.3, 0.4) is 0 Å². The molecule has 1 N–H and O–H groups in total. The topological polar surface area (TPSA) is 62.1 Å². The zero-order chi connectivity index (χ0) is 15.2. The Bertz CT molecular complexity index is 713. The highest BCUT2D eigenvalue weighted by Gasteiger charge is 2.10. The average molecular weight is 305 g/mol. The van der Waals surface area contributed by atoms with Gasteiger partial charge in [-0.3, -0.25) is 4.79 Å². The highest BCUT2D eigenvalue weighted by atomic mass is 35.5. The van der Waals surface area contributed by atoms with Crippen molar-refractivity contribution < 1.29 is 13.9 Å². The molecule has 6 heteroatoms. The molecule has 0 heterocycles. The van der Waals surface area contributed by atoms with Gasteiger partial charge in [-0.25, -0.2) is 4.39 Å². The van der Waals surface area contributed by atoms with Crippen LogP contribution in [0.25, 0.3) is 0 Å². The van der Waals surface area contributed by atoms with Gasteiger partial charge in [-0.1, -0.05) is 23.7 Å². The van der Waals surface area contributed by atoms with Crippen LogP contribution in [-0.2, 0) is 4.79 Å². The Morgan fingerprint density at radius 3 is 2.86 bits per heavy atom. The quantitative estimate of drug-likeness (QED) is 0.942. The molecule has 0 radical (unpaired) electrons. The molecule has 0 spiro atoms. The number of amides is 1. The molecule has 2 aromatic rings. The Morgan fingerprint density at radius 1 is 1.33 bits per heavy atom. The van der Waals surface area contributed by atoms with Crippen LogP contribution in [0.1, 0.15) is 5.56 Å². The van der Waals surface area contributed by atoms with E-state index < -0.39 is 11.7 Å². The Labute approximate surface area is 125 Å². The number of halogens is 2. The first-order chi connectivity index (χ1) is 10.1. The lowest BCUT2D eigenvalue weighted by Gasteiger charge is -2.08. The zero-order valence-corrected chi connectivity index (χ0v) is 11.5. The number of nitrogens with zero attached hydrogens (tertiary/aromatic N) is 1. The summed E-state index contributed by atoms with van der Waals surface area (Å²) in [5, 5.41) is 11.2. The van der Waals surface area contributed by atoms with Gasteiger partial charge in [0.25, 0.3) is 5.91 Å². The molecule has 0 aliphatic heterocycles. The summed E-state index contributed by atoms with van der Waals surface area (Å²) in [5.74, 6) is -1.27. The second-order valence-electron chi connectivity index (χ2n) is 4.08. The predicted octanol–water partition coefficient (Wildman–Crippen LogP) is 3.37. The molecular formula is C15H10ClFN2O2. The largest absolute Gasteiger partial charge is 0.481 e. The Balaban J connectivity index is 1.96. The number of ether oxygens (including phenoxy) is 1. The molecule has 0 saturated carbocycles. The van der Waals surface area contributed by atoms with E-state index >= 15 is 0 Å². The van der Waals surface area contributed by atoms with Crippen molar-refractivity contribution in [3.05, 3.63) is 58.9 Å². The summed E-state index contributed by atoms with van der Waals surface area (Å²) in [7, 11) is 0. The molecule has 1 amide bonds. The molecule has 0 fully saturated rings. The molecular weight excluding hydrogens is 295 g/mol. The molecule has 2 aromatic carbocycles. The number of carbonyl (C=O) groups is 1. The van der Waals surface area contributed by atoms with Crippen LogP contribution < -0.4 is 10.1 Å². The van der Waals surface area contributed by atoms with Crippen molar-refractivity contribution in [1.82, 2.24) is 0 Å². The van der Waals surface area contributed by atoms with Gasteiger partial charge in [0.15, 0.2) is 18.2 Å². The van der Waals surface area contributed by atoms with Crippen molar-refractivity contribution in [1.29, 1.82) is 5.26 Å². The number of nitriles is 1. The first-order valence-corrected chi connectivity index (χ1v) is 6.35. The fraction of sp³-hybridized carbons (Fsp3) is 0.0667. The van der Waals surface area contributed by atoms with Crippen LogP contribution in [0.4, 0.5) is 10.1 Å². The van der Waals surface area contributed by atoms with Crippen molar-refractivity contribution in [2.75, 3.05) is 11.9 Å². The van der Waals surface area contributed by atoms with Crippen molar-refractivity contribution in [3.63, 3.8) is 0 Å². The molecule has 0 aromatic heterocycles. The minimum atomic E-state index is -0.710. The first kappa shape index (κ1) is 14.8. The number of hydrogen-bond donors (Lipinski definition) is 1. The van der Waals surface area contributed by atoms with Gasteiger partial charge in [-0.15, -0.1) is 0 Å². The number of carbonyl (C=O) groups excluding carboxylic acids is 1. The molecule has 21 heavy (non-hydrogen) atoms. The standard InChI is InChI=1S/C15H10ClFN2O2/c16-12-5-2-6-13(15(12)17)21-9-14(20)19-11-4-1-3-10(7-11)8-18/h1-7H,9H2,(H,19,20). The smallest absolute Gasteiger partial charge is 0.262 e. The summed E-state index contributed by atoms with van der Waals surface area (Å²) in [5.41, 5.74) is 0.892. The van der Waals surface area contributed by atoms with E-state index in [1.807, 2.05) is 6.07 Å². The van der Waals surface area contributed by atoms with Gasteiger partial charge in [-0.2, -0.15) is 5.26 Å². The molecule has 2 rings (SSSR count). The maximum atomic E-state index is 13.6. The highest BCUT2D eigenvalue weighted by Crippen LogP contribution is 2.23. The molecule has 4 nitrogen and oxygen atoms in total. The van der Waals surface area contributed by atoms with Crippen molar-refractivity contribution in [2.45, 2.75) is 0 Å². The van der Waals surface area contributed by atoms with Gasteiger partial charge in [0.1, 0.15) is 0 Å². The SMILES string of the molecule is N#Cc1cccc(NC(=O)COc2cccc(Cl)c2F)c1. The van der Waals surface area contributed by atoms with Gasteiger partial charge < -0.3 is 10.1 Å². The van der Waals surface area contributed by atoms with E-state index in [9.17, 15) is 9.18 Å². The van der Waals surface area contributed by atoms with Gasteiger partial charge in [0, 0.05) is 5.69 Å². The number of nitrogens with one attached hydrogen (secondary N) is 1. The van der Waals surface area contributed by atoms with Crippen LogP contribution in [0.5, 0.6) is 5.75 Å². The average Bonchev–Trinajstić information content (AvgIpc) is 2.49. The molecule has 0 aliphatic rings. The summed E-state index contributed by atoms with van der Waals surface area (Å²) in [6, 6.07) is 12.7. The van der Waals surface area contributed by atoms with Crippen LogP contribution >= 0.6 is 11.6 Å². The second kappa shape index (κ2) is 6.73. The van der Waals surface area contributed by atoms with Crippen LogP contribution in [-0.4, -0.2) is 12.5 Å². The first-order valence-electron chi connectivity index (χ1n) is 5.97. The van der Waals surface area contributed by atoms with Gasteiger partial charge in [0.2, 0.25) is 0 Å². The summed E-state index contributed by atoms with van der Waals surface area (Å²) >= 11 is 5.61. The minimum Gasteiger partial charge on any atom is -0.481 e. The fourth-order valence-corrected chi connectivity index (χ4v) is 1.77.